The minimum absolute atomic E-state index is 0.0265. The van der Waals surface area contributed by atoms with Crippen LogP contribution in [0, 0.1) is 5.92 Å². The summed E-state index contributed by atoms with van der Waals surface area (Å²) in [7, 11) is -3.46. The Hall–Kier alpha value is -0.950. The molecule has 0 amide bonds. The second kappa shape index (κ2) is 6.65. The van der Waals surface area contributed by atoms with Gasteiger partial charge in [-0.2, -0.15) is 0 Å². The zero-order valence-corrected chi connectivity index (χ0v) is 15.8. The van der Waals surface area contributed by atoms with E-state index in [-0.39, 0.29) is 6.04 Å². The molecule has 3 fully saturated rings. The number of ether oxygens (including phenoxy) is 1. The van der Waals surface area contributed by atoms with Gasteiger partial charge in [-0.15, -0.1) is 0 Å². The van der Waals surface area contributed by atoms with E-state index < -0.39 is 10.0 Å². The van der Waals surface area contributed by atoms with Crippen LogP contribution in [0.1, 0.15) is 44.6 Å². The van der Waals surface area contributed by atoms with E-state index in [0.717, 1.165) is 37.6 Å². The average Bonchev–Trinajstić information content (AvgIpc) is 3.35. The van der Waals surface area contributed by atoms with Gasteiger partial charge in [-0.05, 0) is 48.8 Å². The summed E-state index contributed by atoms with van der Waals surface area (Å²) in [4.78, 5) is 2.77. The molecule has 1 N–H and O–H groups in total. The molecular weight excluding hydrogens is 336 g/mol. The first-order valence-corrected chi connectivity index (χ1v) is 10.9. The SMILES string of the molecule is CC(C)c1ccc(S(=O)(=O)N[C@H]2C[C@H]3CO[C@@H](C4CC4)CN3C2)cc1. The largest absolute Gasteiger partial charge is 0.375 e. The Kier molecular flexibility index (Phi) is 4.65. The molecule has 3 aliphatic rings. The molecule has 5 nitrogen and oxygen atoms in total. The number of sulfonamides is 1. The number of hydrogen-bond acceptors (Lipinski definition) is 4. The lowest BCUT2D eigenvalue weighted by Crippen LogP contribution is -2.47. The molecule has 2 heterocycles. The predicted molar refractivity (Wildman–Crippen MR) is 97.1 cm³/mol. The molecule has 0 radical (unpaired) electrons. The zero-order valence-electron chi connectivity index (χ0n) is 15.0. The van der Waals surface area contributed by atoms with Crippen molar-refractivity contribution in [1.82, 2.24) is 9.62 Å². The summed E-state index contributed by atoms with van der Waals surface area (Å²) in [6.45, 7) is 6.70. The van der Waals surface area contributed by atoms with E-state index >= 15 is 0 Å². The second-order valence-electron chi connectivity index (χ2n) is 8.09. The molecule has 0 aromatic heterocycles. The highest BCUT2D eigenvalue weighted by Gasteiger charge is 2.43. The summed E-state index contributed by atoms with van der Waals surface area (Å²) in [6, 6.07) is 7.57. The van der Waals surface area contributed by atoms with Gasteiger partial charge in [-0.1, -0.05) is 26.0 Å². The van der Waals surface area contributed by atoms with Gasteiger partial charge in [-0.25, -0.2) is 13.1 Å². The maximum atomic E-state index is 12.7. The highest BCUT2D eigenvalue weighted by molar-refractivity contribution is 7.89. The first-order chi connectivity index (χ1) is 11.9. The molecule has 1 saturated carbocycles. The smallest absolute Gasteiger partial charge is 0.240 e. The lowest BCUT2D eigenvalue weighted by Gasteiger charge is -2.35. The third kappa shape index (κ3) is 3.77. The molecule has 0 spiro atoms. The van der Waals surface area contributed by atoms with Crippen LogP contribution in [0.5, 0.6) is 0 Å². The fraction of sp³-hybridized carbons (Fsp3) is 0.684. The summed E-state index contributed by atoms with van der Waals surface area (Å²) in [5.74, 6) is 1.13. The molecule has 2 saturated heterocycles. The first kappa shape index (κ1) is 17.5. The van der Waals surface area contributed by atoms with Crippen molar-refractivity contribution in [3.8, 4) is 0 Å². The number of nitrogens with zero attached hydrogens (tertiary/aromatic N) is 1. The Labute approximate surface area is 150 Å². The molecule has 138 valence electrons. The lowest BCUT2D eigenvalue weighted by atomic mass is 10.0. The van der Waals surface area contributed by atoms with Crippen LogP contribution >= 0.6 is 0 Å². The van der Waals surface area contributed by atoms with Gasteiger partial charge in [0.1, 0.15) is 0 Å². The van der Waals surface area contributed by atoms with Crippen molar-refractivity contribution in [2.75, 3.05) is 19.7 Å². The monoisotopic (exact) mass is 364 g/mol. The highest BCUT2D eigenvalue weighted by atomic mass is 32.2. The Morgan fingerprint density at radius 1 is 1.16 bits per heavy atom. The van der Waals surface area contributed by atoms with Gasteiger partial charge in [0.25, 0.3) is 0 Å². The number of nitrogens with one attached hydrogen (secondary N) is 1. The predicted octanol–water partition coefficient (Wildman–Crippen LogP) is 2.34. The summed E-state index contributed by atoms with van der Waals surface area (Å²) in [5, 5.41) is 0. The molecule has 2 aliphatic heterocycles. The Morgan fingerprint density at radius 2 is 1.88 bits per heavy atom. The van der Waals surface area contributed by atoms with E-state index in [4.69, 9.17) is 4.74 Å². The van der Waals surface area contributed by atoms with E-state index in [1.807, 2.05) is 12.1 Å². The van der Waals surface area contributed by atoms with Crippen molar-refractivity contribution in [1.29, 1.82) is 0 Å². The molecule has 25 heavy (non-hydrogen) atoms. The summed E-state index contributed by atoms with van der Waals surface area (Å²) >= 11 is 0. The fourth-order valence-electron chi connectivity index (χ4n) is 4.06. The highest BCUT2D eigenvalue weighted by Crippen LogP contribution is 2.38. The van der Waals surface area contributed by atoms with Crippen LogP contribution < -0.4 is 4.72 Å². The topological polar surface area (TPSA) is 58.6 Å². The number of rotatable bonds is 5. The van der Waals surface area contributed by atoms with Crippen LogP contribution in [0.15, 0.2) is 29.2 Å². The second-order valence-corrected chi connectivity index (χ2v) is 9.81. The molecule has 1 aromatic carbocycles. The van der Waals surface area contributed by atoms with Gasteiger partial charge in [0.15, 0.2) is 0 Å². The van der Waals surface area contributed by atoms with E-state index in [0.29, 0.717) is 23.0 Å². The lowest BCUT2D eigenvalue weighted by molar-refractivity contribution is -0.0581. The van der Waals surface area contributed by atoms with Crippen molar-refractivity contribution in [2.24, 2.45) is 5.92 Å². The number of fused-ring (bicyclic) bond motifs is 1. The summed E-state index contributed by atoms with van der Waals surface area (Å²) < 4.78 is 34.3. The van der Waals surface area contributed by atoms with Crippen molar-refractivity contribution in [3.63, 3.8) is 0 Å². The quantitative estimate of drug-likeness (QED) is 0.871. The maximum absolute atomic E-state index is 12.7. The molecule has 1 aromatic rings. The van der Waals surface area contributed by atoms with Crippen molar-refractivity contribution < 1.29 is 13.2 Å². The van der Waals surface area contributed by atoms with E-state index in [1.165, 1.54) is 12.8 Å². The van der Waals surface area contributed by atoms with Crippen LogP contribution in [-0.4, -0.2) is 51.2 Å². The standard InChI is InChI=1S/C19H28N2O3S/c1-13(2)14-5-7-18(8-6-14)25(22,23)20-16-9-17-12-24-19(15-3-4-15)11-21(17)10-16/h5-8,13,15-17,19-20H,3-4,9-12H2,1-2H3/t16-,17-,19+/m0/s1. The molecule has 6 heteroatoms. The van der Waals surface area contributed by atoms with Gasteiger partial charge in [0, 0.05) is 25.2 Å². The normalized spacial score (nSPS) is 30.6. The minimum atomic E-state index is -3.46. The van der Waals surface area contributed by atoms with Gasteiger partial charge in [-0.3, -0.25) is 4.90 Å². The third-order valence-electron chi connectivity index (χ3n) is 5.77. The van der Waals surface area contributed by atoms with Gasteiger partial charge in [0.05, 0.1) is 17.6 Å². The van der Waals surface area contributed by atoms with Gasteiger partial charge < -0.3 is 4.74 Å². The Morgan fingerprint density at radius 3 is 2.52 bits per heavy atom. The first-order valence-electron chi connectivity index (χ1n) is 9.40. The van der Waals surface area contributed by atoms with Crippen molar-refractivity contribution in [3.05, 3.63) is 29.8 Å². The molecular formula is C19H28N2O3S. The van der Waals surface area contributed by atoms with Crippen LogP contribution in [-0.2, 0) is 14.8 Å². The number of hydrogen-bond donors (Lipinski definition) is 1. The molecule has 4 rings (SSSR count). The van der Waals surface area contributed by atoms with Crippen LogP contribution in [0.2, 0.25) is 0 Å². The van der Waals surface area contributed by atoms with Crippen molar-refractivity contribution >= 4 is 10.0 Å². The van der Waals surface area contributed by atoms with Gasteiger partial charge in [0.2, 0.25) is 10.0 Å². The summed E-state index contributed by atoms with van der Waals surface area (Å²) in [5.41, 5.74) is 1.15. The van der Waals surface area contributed by atoms with E-state index in [9.17, 15) is 8.42 Å². The van der Waals surface area contributed by atoms with Gasteiger partial charge >= 0.3 is 0 Å². The fourth-order valence-corrected chi connectivity index (χ4v) is 5.30. The Balaban J connectivity index is 1.39. The zero-order chi connectivity index (χ0) is 17.6. The number of benzene rings is 1. The number of morpholine rings is 1. The molecule has 0 unspecified atom stereocenters. The minimum Gasteiger partial charge on any atom is -0.375 e. The molecule has 0 bridgehead atoms. The van der Waals surface area contributed by atoms with Crippen LogP contribution in [0.3, 0.4) is 0 Å². The average molecular weight is 365 g/mol. The van der Waals surface area contributed by atoms with Crippen molar-refractivity contribution in [2.45, 2.75) is 62.1 Å². The van der Waals surface area contributed by atoms with E-state index in [1.54, 1.807) is 12.1 Å². The van der Waals surface area contributed by atoms with E-state index in [2.05, 4.69) is 23.5 Å². The summed E-state index contributed by atoms with van der Waals surface area (Å²) in [6.07, 6.45) is 3.76. The van der Waals surface area contributed by atoms with Crippen LogP contribution in [0.25, 0.3) is 0 Å². The third-order valence-corrected chi connectivity index (χ3v) is 7.31. The maximum Gasteiger partial charge on any atom is 0.240 e. The molecule has 1 aliphatic carbocycles. The Bertz CT molecular complexity index is 713. The van der Waals surface area contributed by atoms with Crippen LogP contribution in [0.4, 0.5) is 0 Å². The molecule has 3 atom stereocenters.